The molecule has 1 aromatic heterocycles. The zero-order chi connectivity index (χ0) is 13.5. The van der Waals surface area contributed by atoms with Gasteiger partial charge in [-0.1, -0.05) is 6.92 Å². The summed E-state index contributed by atoms with van der Waals surface area (Å²) in [5, 5.41) is 21.4. The van der Waals surface area contributed by atoms with Crippen LogP contribution in [0.5, 0.6) is 0 Å². The first-order valence-electron chi connectivity index (χ1n) is 5.55. The Balaban J connectivity index is 2.71. The zero-order valence-corrected chi connectivity index (χ0v) is 10.1. The van der Waals surface area contributed by atoms with Crippen molar-refractivity contribution in [2.45, 2.75) is 26.4 Å². The van der Waals surface area contributed by atoms with Crippen LogP contribution in [0.2, 0.25) is 0 Å². The molecule has 0 aliphatic rings. The van der Waals surface area contributed by atoms with Crippen LogP contribution in [0.4, 0.5) is 0 Å². The highest BCUT2D eigenvalue weighted by molar-refractivity contribution is 5.72. The van der Waals surface area contributed by atoms with Gasteiger partial charge >= 0.3 is 11.9 Å². The van der Waals surface area contributed by atoms with Crippen molar-refractivity contribution >= 4 is 11.9 Å². The first kappa shape index (κ1) is 14.1. The molecule has 0 aliphatic heterocycles. The van der Waals surface area contributed by atoms with Crippen molar-refractivity contribution in [1.82, 2.24) is 19.7 Å². The SMILES string of the molecule is CCCn1ncnc1CN(CC(=O)O)CC(=O)O. The van der Waals surface area contributed by atoms with Crippen LogP contribution in [0.1, 0.15) is 19.2 Å². The van der Waals surface area contributed by atoms with E-state index >= 15 is 0 Å². The molecule has 0 unspecified atom stereocenters. The molecule has 0 atom stereocenters. The molecular weight excluding hydrogens is 240 g/mol. The van der Waals surface area contributed by atoms with E-state index in [1.165, 1.54) is 11.2 Å². The minimum Gasteiger partial charge on any atom is -0.480 e. The molecular formula is C10H16N4O4. The summed E-state index contributed by atoms with van der Waals surface area (Å²) < 4.78 is 1.65. The molecule has 1 aromatic rings. The van der Waals surface area contributed by atoms with Crippen LogP contribution in [0.15, 0.2) is 6.33 Å². The maximum atomic E-state index is 10.7. The van der Waals surface area contributed by atoms with Gasteiger partial charge in [0.05, 0.1) is 19.6 Å². The zero-order valence-electron chi connectivity index (χ0n) is 10.1. The maximum Gasteiger partial charge on any atom is 0.317 e. The Morgan fingerprint density at radius 2 is 1.94 bits per heavy atom. The Morgan fingerprint density at radius 1 is 1.33 bits per heavy atom. The standard InChI is InChI=1S/C10H16N4O4/c1-2-3-14-8(11-7-12-14)4-13(5-9(15)16)6-10(17)18/h7H,2-6H2,1H3,(H,15,16)(H,17,18). The molecule has 1 rings (SSSR count). The van der Waals surface area contributed by atoms with Gasteiger partial charge in [0.25, 0.3) is 0 Å². The number of rotatable bonds is 8. The molecule has 0 aromatic carbocycles. The predicted octanol–water partition coefficient (Wildman–Crippen LogP) is -0.341. The Labute approximate surface area is 104 Å². The molecule has 1 heterocycles. The fourth-order valence-electron chi connectivity index (χ4n) is 1.56. The summed E-state index contributed by atoms with van der Waals surface area (Å²) in [6, 6.07) is 0. The summed E-state index contributed by atoms with van der Waals surface area (Å²) in [4.78, 5) is 26.6. The van der Waals surface area contributed by atoms with Crippen molar-refractivity contribution in [3.8, 4) is 0 Å². The number of hydrogen-bond donors (Lipinski definition) is 2. The second-order valence-corrected chi connectivity index (χ2v) is 3.83. The van der Waals surface area contributed by atoms with E-state index in [-0.39, 0.29) is 19.6 Å². The number of carboxylic acids is 2. The number of aromatic nitrogens is 3. The predicted molar refractivity (Wildman–Crippen MR) is 60.9 cm³/mol. The normalized spacial score (nSPS) is 10.8. The van der Waals surface area contributed by atoms with Crippen molar-refractivity contribution in [3.05, 3.63) is 12.2 Å². The molecule has 0 saturated carbocycles. The summed E-state index contributed by atoms with van der Waals surface area (Å²) in [5.41, 5.74) is 0. The second kappa shape index (κ2) is 6.70. The Hall–Kier alpha value is -1.96. The molecule has 8 heteroatoms. The average Bonchev–Trinajstić information content (AvgIpc) is 2.64. The molecule has 0 amide bonds. The van der Waals surface area contributed by atoms with Crippen molar-refractivity contribution in [1.29, 1.82) is 0 Å². The van der Waals surface area contributed by atoms with E-state index in [9.17, 15) is 9.59 Å². The van der Waals surface area contributed by atoms with Crippen molar-refractivity contribution < 1.29 is 19.8 Å². The largest absolute Gasteiger partial charge is 0.480 e. The number of carbonyl (C=O) groups is 2. The summed E-state index contributed by atoms with van der Waals surface area (Å²) >= 11 is 0. The van der Waals surface area contributed by atoms with E-state index in [4.69, 9.17) is 10.2 Å². The third-order valence-electron chi connectivity index (χ3n) is 2.21. The van der Waals surface area contributed by atoms with Gasteiger partial charge in [0.2, 0.25) is 0 Å². The fraction of sp³-hybridized carbons (Fsp3) is 0.600. The smallest absolute Gasteiger partial charge is 0.317 e. The third kappa shape index (κ3) is 4.50. The lowest BCUT2D eigenvalue weighted by molar-refractivity contribution is -0.142. The first-order chi connectivity index (χ1) is 8.52. The molecule has 0 aliphatic carbocycles. The molecule has 2 N–H and O–H groups in total. The van der Waals surface area contributed by atoms with E-state index in [1.54, 1.807) is 4.68 Å². The van der Waals surface area contributed by atoms with Crippen molar-refractivity contribution in [2.75, 3.05) is 13.1 Å². The molecule has 0 bridgehead atoms. The lowest BCUT2D eigenvalue weighted by Gasteiger charge is -2.17. The molecule has 100 valence electrons. The molecule has 8 nitrogen and oxygen atoms in total. The summed E-state index contributed by atoms with van der Waals surface area (Å²) in [6.45, 7) is 2.12. The van der Waals surface area contributed by atoms with E-state index in [1.807, 2.05) is 6.92 Å². The molecule has 0 spiro atoms. The van der Waals surface area contributed by atoms with Gasteiger partial charge in [-0.3, -0.25) is 14.5 Å². The Morgan fingerprint density at radius 3 is 2.44 bits per heavy atom. The highest BCUT2D eigenvalue weighted by atomic mass is 16.4. The lowest BCUT2D eigenvalue weighted by atomic mass is 10.4. The van der Waals surface area contributed by atoms with Crippen molar-refractivity contribution in [3.63, 3.8) is 0 Å². The number of aryl methyl sites for hydroxylation is 1. The minimum atomic E-state index is -1.07. The maximum absolute atomic E-state index is 10.7. The van der Waals surface area contributed by atoms with E-state index in [0.29, 0.717) is 12.4 Å². The Bertz CT molecular complexity index is 402. The number of carboxylic acid groups (broad SMARTS) is 2. The monoisotopic (exact) mass is 256 g/mol. The second-order valence-electron chi connectivity index (χ2n) is 3.83. The van der Waals surface area contributed by atoms with Crippen LogP contribution in [0.3, 0.4) is 0 Å². The van der Waals surface area contributed by atoms with Crippen LogP contribution in [0, 0.1) is 0 Å². The van der Waals surface area contributed by atoms with Gasteiger partial charge in [-0.15, -0.1) is 0 Å². The average molecular weight is 256 g/mol. The van der Waals surface area contributed by atoms with Crippen LogP contribution < -0.4 is 0 Å². The quantitative estimate of drug-likeness (QED) is 0.654. The van der Waals surface area contributed by atoms with Gasteiger partial charge < -0.3 is 10.2 Å². The van der Waals surface area contributed by atoms with Crippen LogP contribution in [-0.2, 0) is 22.7 Å². The highest BCUT2D eigenvalue weighted by Crippen LogP contribution is 2.02. The fourth-order valence-corrected chi connectivity index (χ4v) is 1.56. The number of hydrogen-bond acceptors (Lipinski definition) is 5. The van der Waals surface area contributed by atoms with Crippen LogP contribution >= 0.6 is 0 Å². The molecule has 18 heavy (non-hydrogen) atoms. The first-order valence-corrected chi connectivity index (χ1v) is 5.55. The van der Waals surface area contributed by atoms with Crippen LogP contribution in [0.25, 0.3) is 0 Å². The number of nitrogens with zero attached hydrogens (tertiary/aromatic N) is 4. The van der Waals surface area contributed by atoms with Crippen molar-refractivity contribution in [2.24, 2.45) is 0 Å². The summed E-state index contributed by atoms with van der Waals surface area (Å²) in [7, 11) is 0. The Kier molecular flexibility index (Phi) is 5.25. The van der Waals surface area contributed by atoms with E-state index in [0.717, 1.165) is 6.42 Å². The topological polar surface area (TPSA) is 109 Å². The van der Waals surface area contributed by atoms with Gasteiger partial charge in [-0.05, 0) is 6.42 Å². The van der Waals surface area contributed by atoms with Gasteiger partial charge in [0.15, 0.2) is 0 Å². The van der Waals surface area contributed by atoms with Gasteiger partial charge in [0.1, 0.15) is 12.2 Å². The number of aliphatic carboxylic acids is 2. The van der Waals surface area contributed by atoms with Gasteiger partial charge in [-0.25, -0.2) is 9.67 Å². The summed E-state index contributed by atoms with van der Waals surface area (Å²) in [5.74, 6) is -1.57. The van der Waals surface area contributed by atoms with Gasteiger partial charge in [-0.2, -0.15) is 5.10 Å². The third-order valence-corrected chi connectivity index (χ3v) is 2.21. The lowest BCUT2D eigenvalue weighted by Crippen LogP contribution is -2.35. The van der Waals surface area contributed by atoms with E-state index in [2.05, 4.69) is 10.1 Å². The summed E-state index contributed by atoms with van der Waals surface area (Å²) in [6.07, 6.45) is 2.25. The minimum absolute atomic E-state index is 0.151. The molecule has 0 saturated heterocycles. The molecule has 0 radical (unpaired) electrons. The van der Waals surface area contributed by atoms with Crippen LogP contribution in [-0.4, -0.2) is 54.9 Å². The molecule has 0 fully saturated rings. The van der Waals surface area contributed by atoms with E-state index < -0.39 is 11.9 Å². The van der Waals surface area contributed by atoms with Gasteiger partial charge in [0, 0.05) is 6.54 Å². The highest BCUT2D eigenvalue weighted by Gasteiger charge is 2.16.